The maximum Gasteiger partial charge on any atom is 0.216 e. The molecule has 0 fully saturated rings. The summed E-state index contributed by atoms with van der Waals surface area (Å²) in [5, 5.41) is -0.779. The molecule has 3 heteroatoms. The Bertz CT molecular complexity index is 1030. The van der Waals surface area contributed by atoms with Crippen LogP contribution < -0.4 is 10.0 Å². The fourth-order valence-electron chi connectivity index (χ4n) is 1.30. The van der Waals surface area contributed by atoms with Gasteiger partial charge < -0.3 is 10.0 Å². The number of methoxy groups -OCH3 is 1. The monoisotopic (exact) mass is 255 g/mol. The van der Waals surface area contributed by atoms with Crippen molar-refractivity contribution >= 4 is 16.7 Å². The Morgan fingerprint density at radius 3 is 3.22 bits per heavy atom. The zero-order valence-electron chi connectivity index (χ0n) is 21.5. The number of ether oxygens (including phenoxy) is 1. The zero-order chi connectivity index (χ0) is 23.3. The Morgan fingerprint density at radius 1 is 1.56 bits per heavy atom. The summed E-state index contributed by atoms with van der Waals surface area (Å²) in [6.45, 7) is 0.114. The summed E-state index contributed by atoms with van der Waals surface area (Å²) in [5.41, 5.74) is -0.675. The van der Waals surface area contributed by atoms with E-state index in [9.17, 15) is 4.79 Å². The van der Waals surface area contributed by atoms with Crippen LogP contribution in [0.15, 0.2) is 36.3 Å². The van der Waals surface area contributed by atoms with E-state index >= 15 is 0 Å². The van der Waals surface area contributed by atoms with Crippen LogP contribution in [0.3, 0.4) is 0 Å². The Hall–Kier alpha value is -2.03. The quantitative estimate of drug-likeness (QED) is 0.911. The molecule has 1 amide bonds. The van der Waals surface area contributed by atoms with Crippen molar-refractivity contribution < 1.29 is 26.0 Å². The first-order chi connectivity index (χ1) is 13.5. The van der Waals surface area contributed by atoms with Crippen LogP contribution in [0.4, 0.5) is 0 Å². The minimum absolute atomic E-state index is 0.271. The maximum atomic E-state index is 11.4. The Labute approximate surface area is 124 Å². The standard InChI is InChI=1S/C15H17NO2/c1-11(17)16-9-8-13-5-3-4-12-6-7-14(18-2)10-15(12)13/h3-7,10H,8-9H2,1-2H3,(H,16,17)/i2D3,3D,4D,5D,6D,7D,8D2,10D/hD. The first-order valence-electron chi connectivity index (χ1n) is 11.0. The van der Waals surface area contributed by atoms with Crippen molar-refractivity contribution in [3.63, 3.8) is 0 Å². The first-order valence-corrected chi connectivity index (χ1v) is 5.01. The molecule has 0 aliphatic carbocycles. The second-order valence-corrected chi connectivity index (χ2v) is 3.32. The molecule has 0 spiro atoms. The highest BCUT2D eigenvalue weighted by Gasteiger charge is 2.03. The van der Waals surface area contributed by atoms with Crippen LogP contribution in [0.1, 0.15) is 27.6 Å². The summed E-state index contributed by atoms with van der Waals surface area (Å²) in [7, 11) is -3.10. The first kappa shape index (κ1) is 4.26. The van der Waals surface area contributed by atoms with Crippen molar-refractivity contribution in [2.75, 3.05) is 13.6 Å². The van der Waals surface area contributed by atoms with Crippen LogP contribution in [0, 0.1) is 0 Å². The average molecular weight is 255 g/mol. The molecule has 94 valence electrons. The van der Waals surface area contributed by atoms with Crippen molar-refractivity contribution in [1.29, 1.82) is 0 Å². The van der Waals surface area contributed by atoms with E-state index in [0.717, 1.165) is 6.92 Å². The van der Waals surface area contributed by atoms with Crippen molar-refractivity contribution in [3.05, 3.63) is 41.8 Å². The van der Waals surface area contributed by atoms with Crippen LogP contribution in [0.25, 0.3) is 10.8 Å². The molecule has 0 atom stereocenters. The highest BCUT2D eigenvalue weighted by Crippen LogP contribution is 2.24. The van der Waals surface area contributed by atoms with Gasteiger partial charge in [0.15, 0.2) is 1.41 Å². The Morgan fingerprint density at radius 2 is 2.44 bits per heavy atom. The van der Waals surface area contributed by atoms with Crippen LogP contribution in [0.2, 0.25) is 1.41 Å². The summed E-state index contributed by atoms with van der Waals surface area (Å²) < 4.78 is 99.0. The average Bonchev–Trinajstić information content (AvgIpc) is 2.59. The van der Waals surface area contributed by atoms with Crippen molar-refractivity contribution in [2.24, 2.45) is 0 Å². The Balaban J connectivity index is 3.04. The second-order valence-electron chi connectivity index (χ2n) is 3.32. The van der Waals surface area contributed by atoms with E-state index in [1.165, 1.54) is 0 Å². The highest BCUT2D eigenvalue weighted by atomic mass is 16.5. The summed E-state index contributed by atoms with van der Waals surface area (Å²) in [5.74, 6) is -1.68. The molecule has 0 saturated carbocycles. The minimum Gasteiger partial charge on any atom is -0.497 e. The Kier molecular flexibility index (Phi) is 1.31. The molecule has 2 aromatic carbocycles. The lowest BCUT2D eigenvalue weighted by atomic mass is 10.0. The lowest BCUT2D eigenvalue weighted by Crippen LogP contribution is -2.22. The zero-order valence-corrected chi connectivity index (χ0v) is 9.47. The largest absolute Gasteiger partial charge is 0.497 e. The molecule has 2 rings (SSSR count). The lowest BCUT2D eigenvalue weighted by Gasteiger charge is -2.08. The van der Waals surface area contributed by atoms with E-state index in [1.807, 2.05) is 0 Å². The van der Waals surface area contributed by atoms with Crippen LogP contribution in [-0.2, 0) is 11.2 Å². The molecule has 0 aromatic heterocycles. The van der Waals surface area contributed by atoms with E-state index in [1.54, 1.807) is 0 Å². The third-order valence-electron chi connectivity index (χ3n) is 2.07. The van der Waals surface area contributed by atoms with Gasteiger partial charge in [-0.3, -0.25) is 4.79 Å². The number of hydrogen-bond acceptors (Lipinski definition) is 2. The number of fused-ring (bicyclic) bond motifs is 1. The molecule has 0 aliphatic rings. The summed E-state index contributed by atoms with van der Waals surface area (Å²) >= 11 is 0. The van der Waals surface area contributed by atoms with E-state index < -0.39 is 84.2 Å². The summed E-state index contributed by atoms with van der Waals surface area (Å²) in [6, 6.07) is -4.77. The molecule has 0 unspecified atom stereocenters. The predicted octanol–water partition coefficient (Wildman–Crippen LogP) is 2.53. The normalized spacial score (nSPS) is 21.4. The number of hydrogen-bond donors (Lipinski definition) is 1. The van der Waals surface area contributed by atoms with Gasteiger partial charge in [-0.25, -0.2) is 0 Å². The number of carbonyl (C=O) groups excluding carboxylic acids is 1. The molecule has 18 heavy (non-hydrogen) atoms. The van der Waals surface area contributed by atoms with E-state index in [2.05, 4.69) is 4.74 Å². The number of nitrogens with one attached hydrogen (secondary N) is 1. The van der Waals surface area contributed by atoms with Crippen molar-refractivity contribution in [3.8, 4) is 5.75 Å². The summed E-state index contributed by atoms with van der Waals surface area (Å²) in [6.07, 6.45) is -2.69. The van der Waals surface area contributed by atoms with Gasteiger partial charge >= 0.3 is 0 Å². The topological polar surface area (TPSA) is 38.3 Å². The van der Waals surface area contributed by atoms with Gasteiger partial charge in [-0.2, -0.15) is 0 Å². The van der Waals surface area contributed by atoms with Gasteiger partial charge in [0.2, 0.25) is 5.91 Å². The SMILES string of the molecule is [2H]c1c([2H])c(C([2H])([2H])CN([2H])C(C)=O)c2c([2H])c(OC([2H])([2H])[2H])c([2H])c([2H])c2c1[2H]. The molecule has 0 aliphatic heterocycles. The van der Waals surface area contributed by atoms with Crippen LogP contribution >= 0.6 is 0 Å². The van der Waals surface area contributed by atoms with E-state index in [-0.39, 0.29) is 5.31 Å². The molecular weight excluding hydrogens is 226 g/mol. The molecule has 0 bridgehead atoms. The number of benzene rings is 2. The van der Waals surface area contributed by atoms with Crippen LogP contribution in [-0.4, -0.2) is 19.5 Å². The smallest absolute Gasteiger partial charge is 0.216 e. The van der Waals surface area contributed by atoms with Gasteiger partial charge in [-0.1, -0.05) is 24.2 Å². The minimum atomic E-state index is -3.10. The van der Waals surface area contributed by atoms with Gasteiger partial charge in [0.05, 0.1) is 19.4 Å². The fourth-order valence-corrected chi connectivity index (χ4v) is 1.30. The molecule has 0 heterocycles. The molecule has 0 saturated heterocycles. The van der Waals surface area contributed by atoms with Gasteiger partial charge in [0, 0.05) is 16.2 Å². The maximum absolute atomic E-state index is 11.4. The highest BCUT2D eigenvalue weighted by molar-refractivity contribution is 5.87. The molecule has 0 radical (unpaired) electrons. The third-order valence-corrected chi connectivity index (χ3v) is 2.07. The van der Waals surface area contributed by atoms with Gasteiger partial charge in [-0.05, 0) is 34.8 Å². The predicted molar refractivity (Wildman–Crippen MR) is 72.9 cm³/mol. The molecule has 3 nitrogen and oxygen atoms in total. The van der Waals surface area contributed by atoms with E-state index in [4.69, 9.17) is 16.5 Å². The van der Waals surface area contributed by atoms with Crippen molar-refractivity contribution in [2.45, 2.75) is 13.3 Å². The summed E-state index contributed by atoms with van der Waals surface area (Å²) in [4.78, 5) is 11.4. The van der Waals surface area contributed by atoms with Gasteiger partial charge in [0.25, 0.3) is 0 Å². The lowest BCUT2D eigenvalue weighted by molar-refractivity contribution is -0.118. The number of carbonyl (C=O) groups is 1. The fraction of sp³-hybridized carbons (Fsp3) is 0.267. The van der Waals surface area contributed by atoms with Gasteiger partial charge in [0.1, 0.15) is 5.75 Å². The van der Waals surface area contributed by atoms with E-state index in [0.29, 0.717) is 0 Å². The van der Waals surface area contributed by atoms with Crippen LogP contribution in [0.5, 0.6) is 5.75 Å². The van der Waals surface area contributed by atoms with Gasteiger partial charge in [-0.15, -0.1) is 0 Å². The molecule has 2 aromatic rings. The molecular formula is C15H17NO2. The number of amides is 1. The second kappa shape index (κ2) is 5.54. The third kappa shape index (κ3) is 2.80. The number of rotatable bonds is 4. The van der Waals surface area contributed by atoms with Crippen molar-refractivity contribution in [1.82, 2.24) is 5.31 Å². The molecule has 1 N–H and O–H groups in total.